The van der Waals surface area contributed by atoms with E-state index in [-0.39, 0.29) is 0 Å². The quantitative estimate of drug-likeness (QED) is 0.0284. The summed E-state index contributed by atoms with van der Waals surface area (Å²) in [6, 6.07) is -8.51. The molecule has 36 N–H and O–H groups in total. The summed E-state index contributed by atoms with van der Waals surface area (Å²) in [6.07, 6.45) is -90.6. The summed E-state index contributed by atoms with van der Waals surface area (Å²) in [7, 11) is 0. The van der Waals surface area contributed by atoms with Crippen molar-refractivity contribution in [3.63, 3.8) is 0 Å². The molecule has 8 saturated heterocycles. The topological polar surface area (TPSA) is 880 Å². The first-order valence-corrected chi connectivity index (χ1v) is 36.9. The summed E-state index contributed by atoms with van der Waals surface area (Å²) >= 11 is 0. The van der Waals surface area contributed by atoms with Gasteiger partial charge >= 0.3 is 11.9 Å². The lowest BCUT2D eigenvalue weighted by molar-refractivity contribution is -0.426. The van der Waals surface area contributed by atoms with E-state index in [0.717, 1.165) is 13.0 Å². The first kappa shape index (κ1) is 96.9. The minimum Gasteiger partial charge on any atom is -0.477 e. The molecule has 9 rings (SSSR count). The van der Waals surface area contributed by atoms with Gasteiger partial charge in [0, 0.05) is 13.3 Å². The van der Waals surface area contributed by atoms with Crippen molar-refractivity contribution in [1.29, 1.82) is 0 Å². The zero-order valence-corrected chi connectivity index (χ0v) is 62.2. The Morgan fingerprint density at radius 1 is 0.479 bits per heavy atom. The molecule has 117 heavy (non-hydrogen) atoms. The Labute approximate surface area is 661 Å². The number of rotatable bonds is 34. The lowest BCUT2D eigenvalue weighted by atomic mass is 9.91. The number of nitrogens with one attached hydrogen (secondary N) is 1. The number of aliphatic hydroxyl groups excluding tert-OH is 25. The van der Waals surface area contributed by atoms with E-state index in [9.17, 15) is 152 Å². The number of nitrogens with two attached hydrogens (primary N) is 4. The molecule has 53 heteroatoms. The molecular weight excluding hydrogens is 1610 g/mol. The van der Waals surface area contributed by atoms with Crippen LogP contribution in [0.2, 0.25) is 0 Å². The molecule has 0 aliphatic carbocycles. The first-order chi connectivity index (χ1) is 55.2. The number of carboxylic acid groups (broad SMARTS) is 2. The maximum atomic E-state index is 13.6. The maximum Gasteiger partial charge on any atom is 0.371 e. The first-order valence-electron chi connectivity index (χ1n) is 36.9. The molecule has 1 amide bonds. The van der Waals surface area contributed by atoms with Crippen LogP contribution in [0.3, 0.4) is 0 Å². The summed E-state index contributed by atoms with van der Waals surface area (Å²) in [5, 5.41) is 300. The lowest BCUT2D eigenvalue weighted by Gasteiger charge is -2.53. The molecule has 0 unspecified atom stereocenters. The van der Waals surface area contributed by atoms with Crippen LogP contribution in [0, 0.1) is 0 Å². The second-order valence-corrected chi connectivity index (χ2v) is 29.4. The molecule has 0 bridgehead atoms. The minimum atomic E-state index is -3.30. The average molecular weight is 1720 g/mol. The van der Waals surface area contributed by atoms with Gasteiger partial charge in [0.05, 0.1) is 108 Å². The zero-order chi connectivity index (χ0) is 86.6. The minimum absolute atomic E-state index is 0.741. The normalized spacial score (nSPS) is 47.5. The van der Waals surface area contributed by atoms with E-state index in [1.165, 1.54) is 6.92 Å². The predicted octanol–water partition coefficient (Wildman–Crippen LogP) is -21.0. The Hall–Kier alpha value is -3.89. The summed E-state index contributed by atoms with van der Waals surface area (Å²) in [5.74, 6) is -8.95. The number of hydrogen-bond acceptors (Lipinski definition) is 50. The van der Waals surface area contributed by atoms with Crippen LogP contribution in [0.5, 0.6) is 0 Å². The number of hydrogen-bond donors (Lipinski definition) is 32. The second-order valence-electron chi connectivity index (χ2n) is 29.4. The smallest absolute Gasteiger partial charge is 0.371 e. The maximum absolute atomic E-state index is 13.6. The van der Waals surface area contributed by atoms with Gasteiger partial charge in [-0.15, -0.1) is 0 Å². The van der Waals surface area contributed by atoms with Crippen molar-refractivity contribution in [2.24, 2.45) is 22.9 Å². The van der Waals surface area contributed by atoms with Gasteiger partial charge in [-0.1, -0.05) is 0 Å². The van der Waals surface area contributed by atoms with Gasteiger partial charge in [0.2, 0.25) is 18.0 Å². The summed E-state index contributed by atoms with van der Waals surface area (Å²) in [5.41, 5.74) is 24.1. The molecule has 9 aliphatic heterocycles. The molecule has 0 spiro atoms. The van der Waals surface area contributed by atoms with Gasteiger partial charge < -0.3 is 251 Å². The SMILES string of the molecule is CC(=O)N[C@H]1[C@H](O[C@H]2[C@H](O)[C@H](O[C@H]3O[C@H](CO)[C@H](O)[C@H](O)[C@H]3N)[C@H](O[C@H]3[C@H](O[C@H]4O[C@H](CO)[C@@H](O)[C@H](O)[C@H]4O)[C@H](O[C@@H]4O[C@H](CO)[C@@H](O)[C@H](O)[C@H]4O)[C@@H](O[C@H]4[C@@H]([C@H](O)CO)O[C@@](OC[C@H]5O[C@@H](OC[C@@H](O)[C@@H](O)[C@H](O)[C@@H](N)CO)[C@H](N)[C@@H](O)[C@@H]5O)(C(=O)O)C[C@H]4O)O[C@@H]3CO)O[C@@H]2CO)O[C@H](C)[C@@H](O)[C@@H]1O[C@H]1OC(C(=O)O)=C[C@H](O)[C@H]1N. The van der Waals surface area contributed by atoms with Crippen molar-refractivity contribution in [2.45, 2.75) is 308 Å². The highest BCUT2D eigenvalue weighted by atomic mass is 16.8. The molecular formula is C64H109N5O48. The molecule has 678 valence electrons. The fourth-order valence-corrected chi connectivity index (χ4v) is 14.5. The van der Waals surface area contributed by atoms with Gasteiger partial charge in [0.1, 0.15) is 183 Å². The number of aliphatic carboxylic acids is 2. The molecule has 9 aliphatic rings. The van der Waals surface area contributed by atoms with Crippen LogP contribution in [-0.4, -0.2) is 503 Å². The zero-order valence-electron chi connectivity index (χ0n) is 62.2. The molecule has 47 atom stereocenters. The highest BCUT2D eigenvalue weighted by Gasteiger charge is 2.63. The van der Waals surface area contributed by atoms with Crippen LogP contribution in [0.1, 0.15) is 20.3 Å². The van der Waals surface area contributed by atoms with Gasteiger partial charge in [0.15, 0.2) is 44.0 Å². The van der Waals surface area contributed by atoms with E-state index in [4.69, 9.17) is 108 Å². The Morgan fingerprint density at radius 2 is 0.940 bits per heavy atom. The van der Waals surface area contributed by atoms with Crippen molar-refractivity contribution >= 4 is 17.8 Å². The summed E-state index contributed by atoms with van der Waals surface area (Å²) in [4.78, 5) is 38.8. The van der Waals surface area contributed by atoms with Crippen LogP contribution in [0.15, 0.2) is 11.8 Å². The fourth-order valence-electron chi connectivity index (χ4n) is 14.5. The fraction of sp³-hybridized carbons (Fsp3) is 0.922. The number of aliphatic hydroxyl groups is 25. The number of carbonyl (C=O) groups excluding carboxylic acids is 1. The summed E-state index contributed by atoms with van der Waals surface area (Å²) < 4.78 is 108. The van der Waals surface area contributed by atoms with Gasteiger partial charge in [-0.2, -0.15) is 0 Å². The number of ether oxygens (including phenoxy) is 18. The van der Waals surface area contributed by atoms with E-state index in [2.05, 4.69) is 5.32 Å². The Morgan fingerprint density at radius 3 is 1.47 bits per heavy atom. The highest BCUT2D eigenvalue weighted by molar-refractivity contribution is 5.84. The molecule has 53 nitrogen and oxygen atoms in total. The van der Waals surface area contributed by atoms with E-state index >= 15 is 0 Å². The molecule has 0 saturated carbocycles. The number of carbonyl (C=O) groups is 3. The van der Waals surface area contributed by atoms with Crippen molar-refractivity contribution in [3.05, 3.63) is 11.8 Å². The van der Waals surface area contributed by atoms with Crippen molar-refractivity contribution in [3.8, 4) is 0 Å². The molecule has 0 aromatic rings. The molecule has 0 aromatic heterocycles. The van der Waals surface area contributed by atoms with E-state index in [0.29, 0.717) is 0 Å². The van der Waals surface area contributed by atoms with E-state index in [1.54, 1.807) is 0 Å². The largest absolute Gasteiger partial charge is 0.477 e. The Bertz CT molecular complexity index is 3160. The predicted molar refractivity (Wildman–Crippen MR) is 360 cm³/mol. The average Bonchev–Trinajstić information content (AvgIpc) is 0.750. The monoisotopic (exact) mass is 1720 g/mol. The van der Waals surface area contributed by atoms with Gasteiger partial charge in [0.25, 0.3) is 5.79 Å². The number of carboxylic acids is 2. The van der Waals surface area contributed by atoms with Crippen molar-refractivity contribution < 1.29 is 238 Å². The van der Waals surface area contributed by atoms with Gasteiger partial charge in [-0.25, -0.2) is 9.59 Å². The second kappa shape index (κ2) is 41.7. The Balaban J connectivity index is 1.11. The molecule has 9 heterocycles. The van der Waals surface area contributed by atoms with Crippen LogP contribution in [0.25, 0.3) is 0 Å². The standard InChI is InChI=1S/C64H109N5O48/c1-14-32(82)50(113-56-28(66)17(78)3-21(103-56)54(96)97)31(69-15(2)77)58(102-14)111-48-25(10-75)107-61(51(45(48)95)114-57-30(68)40(90)35(85)22(7-72)104-57)112-49-26(11-76)108-62(53(116-60-44(94)42(92)37(87)24(9-74)106-60)52(49)115-59-43(93)41(91)36(86)23(8-73)105-59)110-46-18(79)4-64(63(98)99,117-47(46)19(80)6-71)101-13-27-38(88)39(89)29(67)55(109-27)100-12-20(81)34(84)33(83)16(65)5-70/h3,14,16-20,22-53,55-62,70-76,78-95H,4-13,65-68H2,1-2H3,(H,69,77)(H,96,97)(H,98,99)/t14-,16+,17+,18-,19-,20-,22-,23-,24-,25-,26-,27-,28-,29-,30-,31-,32-,33-,34-,35+,36-,37-,38-,39-,40-,41+,42+,43-,44-,45+,46-,47-,48-,49-,50-,51+,52+,53+,55-,56-,57-,58+,59-,60+,61+,62-,64-/m1/s1. The molecule has 0 radical (unpaired) electrons. The number of amides is 1. The third-order valence-electron chi connectivity index (χ3n) is 21.4. The van der Waals surface area contributed by atoms with E-state index in [1.807, 2.05) is 0 Å². The van der Waals surface area contributed by atoms with Crippen molar-refractivity contribution in [2.75, 3.05) is 59.5 Å². The molecule has 0 aromatic carbocycles. The van der Waals surface area contributed by atoms with Crippen LogP contribution in [-0.2, 0) is 99.6 Å². The van der Waals surface area contributed by atoms with Crippen LogP contribution in [0.4, 0.5) is 0 Å². The third kappa shape index (κ3) is 21.2. The molecule has 8 fully saturated rings. The van der Waals surface area contributed by atoms with Gasteiger partial charge in [-0.05, 0) is 13.0 Å². The summed E-state index contributed by atoms with van der Waals surface area (Å²) in [6.45, 7) is -8.51. The highest BCUT2D eigenvalue weighted by Crippen LogP contribution is 2.43. The van der Waals surface area contributed by atoms with Gasteiger partial charge in [-0.3, -0.25) is 4.79 Å². The van der Waals surface area contributed by atoms with Crippen molar-refractivity contribution in [1.82, 2.24) is 5.32 Å². The third-order valence-corrected chi connectivity index (χ3v) is 21.4. The van der Waals surface area contributed by atoms with E-state index < -0.39 is 377 Å². The Kier molecular flexibility index (Phi) is 34.6. The lowest BCUT2D eigenvalue weighted by Crippen LogP contribution is -2.71. The van der Waals surface area contributed by atoms with Crippen LogP contribution >= 0.6 is 0 Å². The van der Waals surface area contributed by atoms with Crippen LogP contribution < -0.4 is 28.3 Å².